The largest absolute Gasteiger partial charge is 0.492 e. The van der Waals surface area contributed by atoms with Gasteiger partial charge in [0.05, 0.1) is 17.2 Å². The molecule has 0 bridgehead atoms. The standard InChI is InChI=1S/C17H26N2O4S/c1-3-17(20)18-15-13-14(9-10-16(15)23-4-2)24(21,22)19-11-7-5-6-8-12-19/h9-10,13H,3-8,11-12H2,1-2H3,(H,18,20). The average molecular weight is 354 g/mol. The summed E-state index contributed by atoms with van der Waals surface area (Å²) < 4.78 is 32.8. The number of hydrogen-bond donors (Lipinski definition) is 1. The second-order valence-electron chi connectivity index (χ2n) is 5.81. The molecule has 7 heteroatoms. The van der Waals surface area contributed by atoms with Gasteiger partial charge < -0.3 is 10.1 Å². The van der Waals surface area contributed by atoms with Gasteiger partial charge >= 0.3 is 0 Å². The van der Waals surface area contributed by atoms with Crippen LogP contribution in [-0.4, -0.2) is 38.3 Å². The normalized spacial score (nSPS) is 16.4. The molecule has 0 saturated carbocycles. The lowest BCUT2D eigenvalue weighted by Gasteiger charge is -2.21. The summed E-state index contributed by atoms with van der Waals surface area (Å²) in [5.74, 6) is 0.300. The van der Waals surface area contributed by atoms with Crippen molar-refractivity contribution in [3.05, 3.63) is 18.2 Å². The van der Waals surface area contributed by atoms with Crippen LogP contribution in [-0.2, 0) is 14.8 Å². The third-order valence-electron chi connectivity index (χ3n) is 4.05. The number of anilines is 1. The number of benzene rings is 1. The smallest absolute Gasteiger partial charge is 0.243 e. The van der Waals surface area contributed by atoms with Gasteiger partial charge in [-0.2, -0.15) is 4.31 Å². The van der Waals surface area contributed by atoms with Gasteiger partial charge in [0.2, 0.25) is 15.9 Å². The Balaban J connectivity index is 2.34. The van der Waals surface area contributed by atoms with Crippen molar-refractivity contribution in [3.8, 4) is 5.75 Å². The molecular formula is C17H26N2O4S. The van der Waals surface area contributed by atoms with E-state index in [0.29, 0.717) is 37.6 Å². The molecule has 1 aliphatic heterocycles. The molecule has 1 aromatic carbocycles. The van der Waals surface area contributed by atoms with E-state index in [1.54, 1.807) is 23.4 Å². The van der Waals surface area contributed by atoms with Crippen molar-refractivity contribution >= 4 is 21.6 Å². The number of sulfonamides is 1. The van der Waals surface area contributed by atoms with E-state index >= 15 is 0 Å². The molecule has 24 heavy (non-hydrogen) atoms. The lowest BCUT2D eigenvalue weighted by Crippen LogP contribution is -2.32. The first-order valence-corrected chi connectivity index (χ1v) is 10.00. The Morgan fingerprint density at radius 2 is 1.83 bits per heavy atom. The second kappa shape index (κ2) is 8.48. The maximum Gasteiger partial charge on any atom is 0.243 e. The van der Waals surface area contributed by atoms with E-state index in [2.05, 4.69) is 5.32 Å². The first-order valence-electron chi connectivity index (χ1n) is 8.56. The third-order valence-corrected chi connectivity index (χ3v) is 5.94. The van der Waals surface area contributed by atoms with E-state index < -0.39 is 10.0 Å². The molecule has 134 valence electrons. The zero-order valence-corrected chi connectivity index (χ0v) is 15.2. The van der Waals surface area contributed by atoms with Gasteiger partial charge in [0.1, 0.15) is 5.75 Å². The molecule has 1 heterocycles. The Labute approximate surface area is 144 Å². The highest BCUT2D eigenvalue weighted by atomic mass is 32.2. The SMILES string of the molecule is CCOc1ccc(S(=O)(=O)N2CCCCCC2)cc1NC(=O)CC. The second-order valence-corrected chi connectivity index (χ2v) is 7.75. The molecule has 1 aliphatic rings. The quantitative estimate of drug-likeness (QED) is 0.852. The van der Waals surface area contributed by atoms with Crippen LogP contribution in [0.4, 0.5) is 5.69 Å². The zero-order valence-electron chi connectivity index (χ0n) is 14.4. The highest BCUT2D eigenvalue weighted by Crippen LogP contribution is 2.30. The van der Waals surface area contributed by atoms with Crippen LogP contribution in [0.3, 0.4) is 0 Å². The Bertz CT molecular complexity index is 665. The fraction of sp³-hybridized carbons (Fsp3) is 0.588. The molecule has 1 amide bonds. The van der Waals surface area contributed by atoms with Gasteiger partial charge in [0.25, 0.3) is 0 Å². The molecule has 0 aliphatic carbocycles. The fourth-order valence-corrected chi connectivity index (χ4v) is 4.26. The number of nitrogens with zero attached hydrogens (tertiary/aromatic N) is 1. The first kappa shape index (κ1) is 18.7. The maximum atomic E-state index is 12.9. The van der Waals surface area contributed by atoms with Gasteiger partial charge in [-0.15, -0.1) is 0 Å². The molecule has 0 aromatic heterocycles. The Kier molecular flexibility index (Phi) is 6.62. The number of rotatable bonds is 6. The van der Waals surface area contributed by atoms with Crippen molar-refractivity contribution in [2.24, 2.45) is 0 Å². The van der Waals surface area contributed by atoms with Crippen molar-refractivity contribution in [3.63, 3.8) is 0 Å². The summed E-state index contributed by atoms with van der Waals surface area (Å²) in [6, 6.07) is 4.66. The van der Waals surface area contributed by atoms with Gasteiger partial charge in [-0.25, -0.2) is 8.42 Å². The molecule has 2 rings (SSSR count). The van der Waals surface area contributed by atoms with Crippen molar-refractivity contribution in [2.45, 2.75) is 50.8 Å². The summed E-state index contributed by atoms with van der Waals surface area (Å²) in [5, 5.41) is 2.73. The molecule has 1 N–H and O–H groups in total. The van der Waals surface area contributed by atoms with Crippen LogP contribution in [0.15, 0.2) is 23.1 Å². The monoisotopic (exact) mass is 354 g/mol. The lowest BCUT2D eigenvalue weighted by atomic mass is 10.2. The molecule has 0 unspecified atom stereocenters. The van der Waals surface area contributed by atoms with Crippen LogP contribution in [0, 0.1) is 0 Å². The van der Waals surface area contributed by atoms with Crippen molar-refractivity contribution in [2.75, 3.05) is 25.0 Å². The molecule has 1 aromatic rings. The Morgan fingerprint density at radius 1 is 1.17 bits per heavy atom. The van der Waals surface area contributed by atoms with Crippen molar-refractivity contribution < 1.29 is 17.9 Å². The van der Waals surface area contributed by atoms with E-state index in [1.165, 1.54) is 6.07 Å². The summed E-state index contributed by atoms with van der Waals surface area (Å²) in [5.41, 5.74) is 0.402. The molecular weight excluding hydrogens is 328 g/mol. The highest BCUT2D eigenvalue weighted by molar-refractivity contribution is 7.89. The average Bonchev–Trinajstić information content (AvgIpc) is 2.86. The van der Waals surface area contributed by atoms with Crippen LogP contribution in [0.1, 0.15) is 46.0 Å². The minimum absolute atomic E-state index is 0.180. The molecule has 1 fully saturated rings. The summed E-state index contributed by atoms with van der Waals surface area (Å²) in [6.07, 6.45) is 4.21. The number of amides is 1. The van der Waals surface area contributed by atoms with E-state index in [1.807, 2.05) is 6.92 Å². The third kappa shape index (κ3) is 4.48. The number of carbonyl (C=O) groups excluding carboxylic acids is 1. The summed E-state index contributed by atoms with van der Waals surface area (Å²) in [4.78, 5) is 11.9. The Hall–Kier alpha value is -1.60. The van der Waals surface area contributed by atoms with E-state index in [9.17, 15) is 13.2 Å². The van der Waals surface area contributed by atoms with Gasteiger partial charge in [0, 0.05) is 19.5 Å². The summed E-state index contributed by atoms with van der Waals surface area (Å²) in [7, 11) is -3.56. The van der Waals surface area contributed by atoms with Crippen LogP contribution in [0.5, 0.6) is 5.75 Å². The van der Waals surface area contributed by atoms with E-state index in [0.717, 1.165) is 25.7 Å². The van der Waals surface area contributed by atoms with E-state index in [4.69, 9.17) is 4.74 Å². The number of carbonyl (C=O) groups is 1. The predicted octanol–water partition coefficient (Wildman–Crippen LogP) is 3.00. The summed E-state index contributed by atoms with van der Waals surface area (Å²) in [6.45, 7) is 5.12. The number of hydrogen-bond acceptors (Lipinski definition) is 4. The van der Waals surface area contributed by atoms with Crippen LogP contribution < -0.4 is 10.1 Å². The van der Waals surface area contributed by atoms with Gasteiger partial charge in [0.15, 0.2) is 0 Å². The molecule has 6 nitrogen and oxygen atoms in total. The minimum atomic E-state index is -3.56. The van der Waals surface area contributed by atoms with Gasteiger partial charge in [-0.05, 0) is 38.0 Å². The van der Waals surface area contributed by atoms with Crippen molar-refractivity contribution in [1.29, 1.82) is 0 Å². The topological polar surface area (TPSA) is 75.7 Å². The molecule has 1 saturated heterocycles. The highest BCUT2D eigenvalue weighted by Gasteiger charge is 2.26. The minimum Gasteiger partial charge on any atom is -0.492 e. The number of ether oxygens (including phenoxy) is 1. The van der Waals surface area contributed by atoms with Gasteiger partial charge in [-0.3, -0.25) is 4.79 Å². The maximum absolute atomic E-state index is 12.9. The fourth-order valence-electron chi connectivity index (χ4n) is 2.72. The lowest BCUT2D eigenvalue weighted by molar-refractivity contribution is -0.115. The van der Waals surface area contributed by atoms with Crippen LogP contribution in [0.25, 0.3) is 0 Å². The predicted molar refractivity (Wildman–Crippen MR) is 93.8 cm³/mol. The van der Waals surface area contributed by atoms with Crippen LogP contribution in [0.2, 0.25) is 0 Å². The number of nitrogens with one attached hydrogen (secondary N) is 1. The molecule has 0 spiro atoms. The molecule has 0 atom stereocenters. The van der Waals surface area contributed by atoms with Crippen LogP contribution >= 0.6 is 0 Å². The van der Waals surface area contributed by atoms with Crippen molar-refractivity contribution in [1.82, 2.24) is 4.31 Å². The Morgan fingerprint density at radius 3 is 2.42 bits per heavy atom. The molecule has 0 radical (unpaired) electrons. The zero-order chi connectivity index (χ0) is 17.6. The van der Waals surface area contributed by atoms with Gasteiger partial charge in [-0.1, -0.05) is 19.8 Å². The summed E-state index contributed by atoms with van der Waals surface area (Å²) >= 11 is 0. The van der Waals surface area contributed by atoms with E-state index in [-0.39, 0.29) is 10.8 Å². The first-order chi connectivity index (χ1) is 11.5.